The molecule has 0 atom stereocenters. The van der Waals surface area contributed by atoms with Crippen molar-refractivity contribution in [3.63, 3.8) is 0 Å². The number of aryl methyl sites for hydroxylation is 1. The number of carbonyl (C=O) groups is 2. The van der Waals surface area contributed by atoms with E-state index >= 15 is 0 Å². The van der Waals surface area contributed by atoms with Gasteiger partial charge in [-0.25, -0.2) is 4.90 Å². The number of carbonyl (C=O) groups excluding carboxylic acids is 2. The second kappa shape index (κ2) is 6.94. The Balaban J connectivity index is 1.87. The second-order valence-corrected chi connectivity index (χ2v) is 6.91. The van der Waals surface area contributed by atoms with Crippen LogP contribution in [-0.4, -0.2) is 11.8 Å². The van der Waals surface area contributed by atoms with E-state index in [1.807, 2.05) is 36.4 Å². The Morgan fingerprint density at radius 1 is 1.00 bits per heavy atom. The molecular weight excluding hydrogens is 439 g/mol. The summed E-state index contributed by atoms with van der Waals surface area (Å²) in [5.41, 5.74) is 2.51. The fourth-order valence-electron chi connectivity index (χ4n) is 2.40. The Kier molecular flexibility index (Phi) is 4.91. The molecule has 1 N–H and O–H groups in total. The molecule has 1 aliphatic heterocycles. The summed E-state index contributed by atoms with van der Waals surface area (Å²) in [7, 11) is 0. The van der Waals surface area contributed by atoms with Crippen molar-refractivity contribution in [1.82, 2.24) is 0 Å². The molecule has 24 heavy (non-hydrogen) atoms. The molecule has 0 aliphatic carbocycles. The maximum Gasteiger partial charge on any atom is 0.283 e. The monoisotopic (exact) mass is 452 g/mol. The number of halogens is 2. The zero-order valence-corrected chi connectivity index (χ0v) is 15.8. The summed E-state index contributed by atoms with van der Waals surface area (Å²) in [5.74, 6) is -0.971. The topological polar surface area (TPSA) is 49.4 Å². The SMILES string of the molecule is CCc1ccc(NC2=C(Cl)C(=O)N(c3ccc(I)cc3)C2=O)cc1. The molecule has 2 aromatic rings. The lowest BCUT2D eigenvalue weighted by Gasteiger charge is -2.15. The Bertz CT molecular complexity index is 829. The average Bonchev–Trinajstić information content (AvgIpc) is 2.80. The number of anilines is 2. The van der Waals surface area contributed by atoms with Gasteiger partial charge in [0.05, 0.1) is 5.69 Å². The van der Waals surface area contributed by atoms with Gasteiger partial charge in [-0.05, 0) is 71.0 Å². The Morgan fingerprint density at radius 3 is 2.21 bits per heavy atom. The first-order chi connectivity index (χ1) is 11.5. The fraction of sp³-hybridized carbons (Fsp3) is 0.111. The number of nitrogens with one attached hydrogen (secondary N) is 1. The van der Waals surface area contributed by atoms with Gasteiger partial charge in [-0.15, -0.1) is 0 Å². The first-order valence-electron chi connectivity index (χ1n) is 7.41. The molecule has 6 heteroatoms. The van der Waals surface area contributed by atoms with Crippen LogP contribution in [0.15, 0.2) is 59.3 Å². The summed E-state index contributed by atoms with van der Waals surface area (Å²) in [6.07, 6.45) is 0.932. The van der Waals surface area contributed by atoms with Crippen LogP contribution in [0.2, 0.25) is 0 Å². The largest absolute Gasteiger partial charge is 0.350 e. The van der Waals surface area contributed by atoms with E-state index in [-0.39, 0.29) is 10.7 Å². The minimum atomic E-state index is -0.518. The summed E-state index contributed by atoms with van der Waals surface area (Å²) < 4.78 is 1.02. The molecule has 1 aliphatic rings. The molecular formula is C18H14ClIN2O2. The maximum atomic E-state index is 12.6. The predicted octanol–water partition coefficient (Wildman–Crippen LogP) is 4.29. The van der Waals surface area contributed by atoms with Crippen LogP contribution in [-0.2, 0) is 16.0 Å². The van der Waals surface area contributed by atoms with Crippen LogP contribution >= 0.6 is 34.2 Å². The summed E-state index contributed by atoms with van der Waals surface area (Å²) >= 11 is 8.27. The Hall–Kier alpha value is -1.86. The lowest BCUT2D eigenvalue weighted by Crippen LogP contribution is -2.32. The third-order valence-corrected chi connectivity index (χ3v) is 4.81. The van der Waals surface area contributed by atoms with Gasteiger partial charge in [0.2, 0.25) is 0 Å². The van der Waals surface area contributed by atoms with Gasteiger partial charge in [-0.2, -0.15) is 0 Å². The van der Waals surface area contributed by atoms with E-state index in [0.29, 0.717) is 11.4 Å². The van der Waals surface area contributed by atoms with E-state index in [2.05, 4.69) is 34.8 Å². The zero-order chi connectivity index (χ0) is 17.3. The molecule has 0 spiro atoms. The summed E-state index contributed by atoms with van der Waals surface area (Å²) in [4.78, 5) is 26.1. The number of rotatable bonds is 4. The minimum absolute atomic E-state index is 0.0990. The highest BCUT2D eigenvalue weighted by atomic mass is 127. The van der Waals surface area contributed by atoms with Crippen LogP contribution in [0.3, 0.4) is 0 Å². The molecule has 2 aromatic carbocycles. The Morgan fingerprint density at radius 2 is 1.62 bits per heavy atom. The predicted molar refractivity (Wildman–Crippen MR) is 104 cm³/mol. The summed E-state index contributed by atoms with van der Waals surface area (Å²) in [5, 5.41) is 2.87. The molecule has 0 bridgehead atoms. The lowest BCUT2D eigenvalue weighted by molar-refractivity contribution is -0.120. The van der Waals surface area contributed by atoms with Gasteiger partial charge in [-0.1, -0.05) is 30.7 Å². The van der Waals surface area contributed by atoms with E-state index in [4.69, 9.17) is 11.6 Å². The standard InChI is InChI=1S/C18H14ClIN2O2/c1-2-11-3-7-13(8-4-11)21-16-15(19)17(23)22(18(16)24)14-9-5-12(20)6-10-14/h3-10,21H,2H2,1H3. The smallest absolute Gasteiger partial charge is 0.283 e. The van der Waals surface area contributed by atoms with Gasteiger partial charge >= 0.3 is 0 Å². The van der Waals surface area contributed by atoms with Crippen LogP contribution < -0.4 is 10.2 Å². The quantitative estimate of drug-likeness (QED) is 0.556. The normalized spacial score (nSPS) is 14.5. The van der Waals surface area contributed by atoms with Gasteiger partial charge in [0.25, 0.3) is 11.8 Å². The molecule has 0 fully saturated rings. The number of benzene rings is 2. The first kappa shape index (κ1) is 17.0. The van der Waals surface area contributed by atoms with Crippen LogP contribution in [0.25, 0.3) is 0 Å². The van der Waals surface area contributed by atoms with Crippen LogP contribution in [0.4, 0.5) is 11.4 Å². The molecule has 122 valence electrons. The molecule has 3 rings (SSSR count). The van der Waals surface area contributed by atoms with Crippen molar-refractivity contribution in [2.75, 3.05) is 10.2 Å². The third kappa shape index (κ3) is 3.18. The van der Waals surface area contributed by atoms with Crippen molar-refractivity contribution < 1.29 is 9.59 Å². The second-order valence-electron chi connectivity index (χ2n) is 5.29. The highest BCUT2D eigenvalue weighted by Gasteiger charge is 2.38. The van der Waals surface area contributed by atoms with Crippen molar-refractivity contribution >= 4 is 57.4 Å². The van der Waals surface area contributed by atoms with Crippen molar-refractivity contribution in [2.45, 2.75) is 13.3 Å². The van der Waals surface area contributed by atoms with Crippen molar-refractivity contribution in [3.8, 4) is 0 Å². The number of hydrogen-bond donors (Lipinski definition) is 1. The Labute approximate surface area is 158 Å². The number of amides is 2. The maximum absolute atomic E-state index is 12.6. The zero-order valence-electron chi connectivity index (χ0n) is 12.8. The van der Waals surface area contributed by atoms with Crippen LogP contribution in [0.1, 0.15) is 12.5 Å². The molecule has 0 unspecified atom stereocenters. The van der Waals surface area contributed by atoms with Crippen molar-refractivity contribution in [3.05, 3.63) is 68.4 Å². The lowest BCUT2D eigenvalue weighted by atomic mass is 10.1. The molecule has 4 nitrogen and oxygen atoms in total. The van der Waals surface area contributed by atoms with Crippen LogP contribution in [0, 0.1) is 3.57 Å². The molecule has 0 aromatic heterocycles. The van der Waals surface area contributed by atoms with E-state index in [0.717, 1.165) is 14.9 Å². The van der Waals surface area contributed by atoms with E-state index in [1.165, 1.54) is 5.56 Å². The van der Waals surface area contributed by atoms with Gasteiger partial charge < -0.3 is 5.32 Å². The van der Waals surface area contributed by atoms with Gasteiger partial charge in [0, 0.05) is 9.26 Å². The van der Waals surface area contributed by atoms with Gasteiger partial charge in [-0.3, -0.25) is 9.59 Å². The number of nitrogens with zero attached hydrogens (tertiary/aromatic N) is 1. The summed E-state index contributed by atoms with van der Waals surface area (Å²) in [6, 6.07) is 14.8. The molecule has 0 saturated heterocycles. The fourth-order valence-corrected chi connectivity index (χ4v) is 2.98. The van der Waals surface area contributed by atoms with E-state index in [9.17, 15) is 9.59 Å². The minimum Gasteiger partial charge on any atom is -0.350 e. The molecule has 0 radical (unpaired) electrons. The highest BCUT2D eigenvalue weighted by molar-refractivity contribution is 14.1. The molecule has 0 saturated carbocycles. The van der Waals surface area contributed by atoms with Crippen LogP contribution in [0.5, 0.6) is 0 Å². The van der Waals surface area contributed by atoms with Gasteiger partial charge in [0.1, 0.15) is 10.7 Å². The number of hydrogen-bond acceptors (Lipinski definition) is 3. The van der Waals surface area contributed by atoms with Crippen molar-refractivity contribution in [1.29, 1.82) is 0 Å². The van der Waals surface area contributed by atoms with E-state index in [1.54, 1.807) is 12.1 Å². The summed E-state index contributed by atoms with van der Waals surface area (Å²) in [6.45, 7) is 2.07. The molecule has 1 heterocycles. The molecule has 2 amide bonds. The average molecular weight is 453 g/mol. The van der Waals surface area contributed by atoms with E-state index < -0.39 is 11.8 Å². The number of imide groups is 1. The first-order valence-corrected chi connectivity index (χ1v) is 8.87. The van der Waals surface area contributed by atoms with Gasteiger partial charge in [0.15, 0.2) is 0 Å². The van der Waals surface area contributed by atoms with Crippen molar-refractivity contribution in [2.24, 2.45) is 0 Å². The highest BCUT2D eigenvalue weighted by Crippen LogP contribution is 2.30. The third-order valence-electron chi connectivity index (χ3n) is 3.74.